The number of ether oxygens (including phenoxy) is 2. The Kier molecular flexibility index (Phi) is 10.6. The second-order valence-electron chi connectivity index (χ2n) is 12.6. The summed E-state index contributed by atoms with van der Waals surface area (Å²) in [4.78, 5) is 17.8. The van der Waals surface area contributed by atoms with Crippen molar-refractivity contribution < 1.29 is 27.4 Å². The fraction of sp³-hybridized carbons (Fsp3) is 0.371. The summed E-state index contributed by atoms with van der Waals surface area (Å²) in [5.41, 5.74) is 0.650. The fourth-order valence-corrected chi connectivity index (χ4v) is 5.68. The van der Waals surface area contributed by atoms with Crippen LogP contribution in [0.2, 0.25) is 0 Å². The van der Waals surface area contributed by atoms with Crippen molar-refractivity contribution in [2.75, 3.05) is 34.9 Å². The lowest BCUT2D eigenvalue weighted by molar-refractivity contribution is -0.160. The monoisotopic (exact) mass is 665 g/mol. The summed E-state index contributed by atoms with van der Waals surface area (Å²) >= 11 is 5.72. The van der Waals surface area contributed by atoms with E-state index in [2.05, 4.69) is 10.2 Å². The molecule has 0 spiro atoms. The van der Waals surface area contributed by atoms with Gasteiger partial charge in [-0.05, 0) is 107 Å². The van der Waals surface area contributed by atoms with Crippen LogP contribution in [-0.2, 0) is 20.4 Å². The average Bonchev–Trinajstić information content (AvgIpc) is 3.18. The lowest BCUT2D eigenvalue weighted by atomic mass is 10.0. The third-order valence-corrected chi connectivity index (χ3v) is 7.80. The summed E-state index contributed by atoms with van der Waals surface area (Å²) in [6.45, 7) is 17.3. The van der Waals surface area contributed by atoms with Gasteiger partial charge < -0.3 is 19.7 Å². The molecule has 0 amide bonds. The Bertz CT molecular complexity index is 1660. The van der Waals surface area contributed by atoms with Crippen LogP contribution in [0.4, 0.5) is 35.9 Å². The maximum Gasteiger partial charge on any atom is 0.407 e. The molecule has 248 valence electrons. The Morgan fingerprint density at radius 2 is 1.57 bits per heavy atom. The molecule has 0 unspecified atom stereocenters. The summed E-state index contributed by atoms with van der Waals surface area (Å²) in [6.07, 6.45) is -3.05. The first-order chi connectivity index (χ1) is 22.0. The van der Waals surface area contributed by atoms with Crippen molar-refractivity contribution in [2.24, 2.45) is 0 Å². The number of thiocarbonyl (C=S) groups is 1. The first kappa shape index (κ1) is 35.4. The van der Waals surface area contributed by atoms with Gasteiger partial charge >= 0.3 is 12.1 Å². The number of unbranched alkanes of at least 4 members (excludes halogenated alkanes) is 1. The highest BCUT2D eigenvalue weighted by molar-refractivity contribution is 7.81. The van der Waals surface area contributed by atoms with E-state index in [1.165, 1.54) is 11.0 Å². The number of halogens is 3. The first-order valence-corrected chi connectivity index (χ1v) is 15.5. The Labute approximate surface area is 278 Å². The van der Waals surface area contributed by atoms with E-state index in [4.69, 9.17) is 33.7 Å². The van der Waals surface area contributed by atoms with Gasteiger partial charge in [0.05, 0.1) is 17.7 Å². The molecule has 3 aromatic rings. The van der Waals surface area contributed by atoms with Gasteiger partial charge in [0.2, 0.25) is 0 Å². The molecule has 1 aliphatic rings. The Morgan fingerprint density at radius 3 is 2.15 bits per heavy atom. The molecule has 0 aliphatic carbocycles. The molecule has 0 aromatic heterocycles. The number of benzene rings is 3. The summed E-state index contributed by atoms with van der Waals surface area (Å²) < 4.78 is 51.6. The molecule has 1 aliphatic heterocycles. The van der Waals surface area contributed by atoms with Crippen molar-refractivity contribution in [1.82, 2.24) is 0 Å². The Balaban J connectivity index is 1.36. The number of hydrogen-bond acceptors (Lipinski definition) is 6. The SMILES string of the molecule is [C-]#[N+]c1ccc(N2C(=N)C(C)(C)N(c3ccc(-c4ccc(NCCCCOCC(=O)OC(C)(C)C)cc4)cc3)C2=S)cc1C(F)(F)F. The van der Waals surface area contributed by atoms with Crippen LogP contribution in [0.3, 0.4) is 0 Å². The molecule has 0 bridgehead atoms. The smallest absolute Gasteiger partial charge is 0.407 e. The van der Waals surface area contributed by atoms with Crippen LogP contribution in [0, 0.1) is 12.0 Å². The zero-order chi connectivity index (χ0) is 34.6. The Morgan fingerprint density at radius 1 is 0.979 bits per heavy atom. The molecule has 2 N–H and O–H groups in total. The van der Waals surface area contributed by atoms with E-state index in [9.17, 15) is 18.0 Å². The number of hydrogen-bond donors (Lipinski definition) is 2. The van der Waals surface area contributed by atoms with Crippen molar-refractivity contribution in [3.05, 3.63) is 83.7 Å². The summed E-state index contributed by atoms with van der Waals surface area (Å²) in [5.74, 6) is -0.348. The molecule has 3 aromatic carbocycles. The zero-order valence-electron chi connectivity index (χ0n) is 27.0. The molecule has 4 rings (SSSR count). The van der Waals surface area contributed by atoms with Gasteiger partial charge in [0, 0.05) is 30.2 Å². The normalized spacial score (nSPS) is 14.7. The number of alkyl halides is 3. The van der Waals surface area contributed by atoms with E-state index < -0.39 is 28.6 Å². The highest BCUT2D eigenvalue weighted by atomic mass is 32.1. The summed E-state index contributed by atoms with van der Waals surface area (Å²) in [6, 6.07) is 19.0. The summed E-state index contributed by atoms with van der Waals surface area (Å²) in [5, 5.41) is 12.4. The van der Waals surface area contributed by atoms with Crippen molar-refractivity contribution in [3.8, 4) is 11.1 Å². The van der Waals surface area contributed by atoms with E-state index >= 15 is 0 Å². The zero-order valence-corrected chi connectivity index (χ0v) is 27.8. The second kappa shape index (κ2) is 14.1. The van der Waals surface area contributed by atoms with E-state index in [0.29, 0.717) is 12.3 Å². The van der Waals surface area contributed by atoms with Crippen LogP contribution in [0.15, 0.2) is 66.7 Å². The number of esters is 1. The molecule has 1 fully saturated rings. The van der Waals surface area contributed by atoms with Crippen LogP contribution in [0.25, 0.3) is 16.0 Å². The lowest BCUT2D eigenvalue weighted by Crippen LogP contribution is -2.44. The minimum Gasteiger partial charge on any atom is -0.458 e. The van der Waals surface area contributed by atoms with Crippen LogP contribution in [0.5, 0.6) is 0 Å². The number of nitrogens with one attached hydrogen (secondary N) is 2. The van der Waals surface area contributed by atoms with Gasteiger partial charge in [-0.15, -0.1) is 0 Å². The minimum atomic E-state index is -4.72. The van der Waals surface area contributed by atoms with Crippen LogP contribution in [0.1, 0.15) is 53.0 Å². The van der Waals surface area contributed by atoms with Crippen LogP contribution in [-0.4, -0.2) is 47.8 Å². The van der Waals surface area contributed by atoms with Crippen LogP contribution >= 0.6 is 12.2 Å². The van der Waals surface area contributed by atoms with Crippen molar-refractivity contribution >= 4 is 51.9 Å². The molecular formula is C35H38F3N5O3S. The van der Waals surface area contributed by atoms with Gasteiger partial charge in [0.25, 0.3) is 0 Å². The van der Waals surface area contributed by atoms with Gasteiger partial charge in [-0.1, -0.05) is 30.3 Å². The molecule has 47 heavy (non-hydrogen) atoms. The van der Waals surface area contributed by atoms with Crippen molar-refractivity contribution in [3.63, 3.8) is 0 Å². The fourth-order valence-electron chi connectivity index (χ4n) is 5.15. The summed E-state index contributed by atoms with van der Waals surface area (Å²) in [7, 11) is 0. The highest BCUT2D eigenvalue weighted by Crippen LogP contribution is 2.42. The van der Waals surface area contributed by atoms with E-state index in [1.807, 2.05) is 69.3 Å². The third-order valence-electron chi connectivity index (χ3n) is 7.44. The predicted molar refractivity (Wildman–Crippen MR) is 183 cm³/mol. The van der Waals surface area contributed by atoms with Gasteiger partial charge in [0.15, 0.2) is 10.8 Å². The number of anilines is 3. The molecule has 12 heteroatoms. The number of carbonyl (C=O) groups excluding carboxylic acids is 1. The van der Waals surface area contributed by atoms with Gasteiger partial charge in [-0.3, -0.25) is 10.3 Å². The molecular weight excluding hydrogens is 627 g/mol. The van der Waals surface area contributed by atoms with Gasteiger partial charge in [-0.25, -0.2) is 9.64 Å². The quantitative estimate of drug-likeness (QED) is 0.0917. The van der Waals surface area contributed by atoms with Crippen LogP contribution < -0.4 is 15.1 Å². The largest absolute Gasteiger partial charge is 0.458 e. The van der Waals surface area contributed by atoms with E-state index in [0.717, 1.165) is 48.3 Å². The maximum absolute atomic E-state index is 13.7. The molecule has 1 saturated heterocycles. The van der Waals surface area contributed by atoms with Gasteiger partial charge in [-0.2, -0.15) is 13.2 Å². The first-order valence-electron chi connectivity index (χ1n) is 15.1. The van der Waals surface area contributed by atoms with E-state index in [1.54, 1.807) is 18.7 Å². The standard InChI is InChI=1S/C35H38F3N5O3S/c1-33(2,3)46-30(44)22-45-20-8-7-19-41-25-13-9-23(10-14-25)24-11-15-26(16-12-24)43-32(47)42(31(39)34(43,4)5)27-17-18-29(40-6)28(21-27)35(36,37)38/h9-18,21,39,41H,7-8,19-20,22H2,1-5H3. The molecule has 0 atom stereocenters. The van der Waals surface area contributed by atoms with Gasteiger partial charge in [0.1, 0.15) is 18.0 Å². The maximum atomic E-state index is 13.7. The lowest BCUT2D eigenvalue weighted by Gasteiger charge is -2.30. The van der Waals surface area contributed by atoms with Crippen molar-refractivity contribution in [2.45, 2.75) is 64.8 Å². The number of nitrogens with zero attached hydrogens (tertiary/aromatic N) is 3. The molecule has 8 nitrogen and oxygen atoms in total. The topological polar surface area (TPSA) is 82.3 Å². The molecule has 1 heterocycles. The van der Waals surface area contributed by atoms with E-state index in [-0.39, 0.29) is 29.2 Å². The average molecular weight is 666 g/mol. The highest BCUT2D eigenvalue weighted by Gasteiger charge is 2.48. The molecule has 0 saturated carbocycles. The Hall–Kier alpha value is -4.47. The molecule has 0 radical (unpaired) electrons. The predicted octanol–water partition coefficient (Wildman–Crippen LogP) is 8.84. The van der Waals surface area contributed by atoms with Crippen molar-refractivity contribution in [1.29, 1.82) is 5.41 Å². The number of carbonyl (C=O) groups is 1. The number of rotatable bonds is 11. The third kappa shape index (κ3) is 8.47. The minimum absolute atomic E-state index is 0.0201. The number of amidine groups is 1. The second-order valence-corrected chi connectivity index (χ2v) is 12.9.